The molecule has 0 radical (unpaired) electrons. The monoisotopic (exact) mass is 292 g/mol. The molecule has 13 heavy (non-hydrogen) atoms. The Hall–Kier alpha value is -0.290. The molecule has 0 aliphatic heterocycles. The van der Waals surface area contributed by atoms with E-state index in [1.54, 1.807) is 21.0 Å². The summed E-state index contributed by atoms with van der Waals surface area (Å²) in [5.74, 6) is 0.841. The Labute approximate surface area is 92.1 Å². The molecule has 0 aliphatic rings. The van der Waals surface area contributed by atoms with E-state index in [0.29, 0.717) is 0 Å². The van der Waals surface area contributed by atoms with E-state index in [0.717, 1.165) is 14.9 Å². The van der Waals surface area contributed by atoms with E-state index in [4.69, 9.17) is 4.74 Å². The lowest BCUT2D eigenvalue weighted by Crippen LogP contribution is -2.15. The predicted octanol–water partition coefficient (Wildman–Crippen LogP) is 2.53. The Morgan fingerprint density at radius 3 is 2.38 bits per heavy atom. The smallest absolute Gasteiger partial charge is 0.132 e. The molecule has 0 unspecified atom stereocenters. The SMILES string of the molecule is COc1ccc(C(C)(C)O)cc1I. The lowest BCUT2D eigenvalue weighted by Gasteiger charge is -2.18. The van der Waals surface area contributed by atoms with Crippen LogP contribution in [0.1, 0.15) is 19.4 Å². The van der Waals surface area contributed by atoms with Crippen LogP contribution in [-0.2, 0) is 5.60 Å². The van der Waals surface area contributed by atoms with Gasteiger partial charge in [-0.3, -0.25) is 0 Å². The van der Waals surface area contributed by atoms with Crippen molar-refractivity contribution in [2.75, 3.05) is 7.11 Å². The summed E-state index contributed by atoms with van der Waals surface area (Å²) in [4.78, 5) is 0. The third kappa shape index (κ3) is 2.57. The second-order valence-corrected chi connectivity index (χ2v) is 4.57. The maximum atomic E-state index is 9.73. The van der Waals surface area contributed by atoms with Crippen LogP contribution in [0.5, 0.6) is 5.75 Å². The van der Waals surface area contributed by atoms with Gasteiger partial charge in [0.25, 0.3) is 0 Å². The fourth-order valence-electron chi connectivity index (χ4n) is 1.05. The van der Waals surface area contributed by atoms with Crippen LogP contribution in [0.4, 0.5) is 0 Å². The zero-order chi connectivity index (χ0) is 10.1. The average molecular weight is 292 g/mol. The molecular formula is C10H13IO2. The van der Waals surface area contributed by atoms with Gasteiger partial charge >= 0.3 is 0 Å². The molecule has 0 saturated carbocycles. The first-order valence-electron chi connectivity index (χ1n) is 4.01. The normalized spacial score (nSPS) is 11.5. The lowest BCUT2D eigenvalue weighted by molar-refractivity contribution is 0.0785. The quantitative estimate of drug-likeness (QED) is 0.849. The predicted molar refractivity (Wildman–Crippen MR) is 61.0 cm³/mol. The largest absolute Gasteiger partial charge is 0.496 e. The first kappa shape index (κ1) is 10.8. The minimum atomic E-state index is -0.786. The summed E-state index contributed by atoms with van der Waals surface area (Å²) >= 11 is 2.19. The summed E-state index contributed by atoms with van der Waals surface area (Å²) in [5.41, 5.74) is 0.115. The Kier molecular flexibility index (Phi) is 3.18. The van der Waals surface area contributed by atoms with Crippen LogP contribution in [0.25, 0.3) is 0 Å². The molecule has 0 spiro atoms. The third-order valence-electron chi connectivity index (χ3n) is 1.86. The van der Waals surface area contributed by atoms with Gasteiger partial charge in [-0.2, -0.15) is 0 Å². The van der Waals surface area contributed by atoms with Gasteiger partial charge in [-0.05, 0) is 54.1 Å². The molecule has 1 aromatic carbocycles. The molecule has 0 saturated heterocycles. The number of hydrogen-bond acceptors (Lipinski definition) is 2. The highest BCUT2D eigenvalue weighted by atomic mass is 127. The van der Waals surface area contributed by atoms with E-state index in [2.05, 4.69) is 22.6 Å². The van der Waals surface area contributed by atoms with Crippen molar-refractivity contribution >= 4 is 22.6 Å². The number of rotatable bonds is 2. The summed E-state index contributed by atoms with van der Waals surface area (Å²) in [6, 6.07) is 5.68. The van der Waals surface area contributed by atoms with E-state index in [9.17, 15) is 5.11 Å². The molecule has 1 N–H and O–H groups in total. The van der Waals surface area contributed by atoms with Crippen LogP contribution >= 0.6 is 22.6 Å². The van der Waals surface area contributed by atoms with Crippen LogP contribution in [0, 0.1) is 3.57 Å². The molecule has 0 fully saturated rings. The van der Waals surface area contributed by atoms with Gasteiger partial charge in [-0.15, -0.1) is 0 Å². The lowest BCUT2D eigenvalue weighted by atomic mass is 9.99. The molecule has 2 nitrogen and oxygen atoms in total. The average Bonchev–Trinajstić information content (AvgIpc) is 2.02. The molecule has 3 heteroatoms. The van der Waals surface area contributed by atoms with E-state index in [1.165, 1.54) is 0 Å². The maximum absolute atomic E-state index is 9.73. The minimum absolute atomic E-state index is 0.786. The van der Waals surface area contributed by atoms with Gasteiger partial charge in [0.15, 0.2) is 0 Å². The molecule has 1 aromatic rings. The molecule has 72 valence electrons. The highest BCUT2D eigenvalue weighted by Crippen LogP contribution is 2.27. The highest BCUT2D eigenvalue weighted by molar-refractivity contribution is 14.1. The van der Waals surface area contributed by atoms with Crippen molar-refractivity contribution in [1.82, 2.24) is 0 Å². The van der Waals surface area contributed by atoms with E-state index >= 15 is 0 Å². The van der Waals surface area contributed by atoms with E-state index < -0.39 is 5.60 Å². The highest BCUT2D eigenvalue weighted by Gasteiger charge is 2.16. The minimum Gasteiger partial charge on any atom is -0.496 e. The molecule has 0 heterocycles. The standard InChI is InChI=1S/C10H13IO2/c1-10(2,12)7-4-5-9(13-3)8(11)6-7/h4-6,12H,1-3H3. The van der Waals surface area contributed by atoms with Gasteiger partial charge in [0, 0.05) is 0 Å². The van der Waals surface area contributed by atoms with Crippen molar-refractivity contribution in [3.8, 4) is 5.75 Å². The van der Waals surface area contributed by atoms with Gasteiger partial charge in [0.1, 0.15) is 5.75 Å². The van der Waals surface area contributed by atoms with Crippen molar-refractivity contribution in [2.24, 2.45) is 0 Å². The number of ether oxygens (including phenoxy) is 1. The maximum Gasteiger partial charge on any atom is 0.132 e. The van der Waals surface area contributed by atoms with Gasteiger partial charge in [0.2, 0.25) is 0 Å². The Bertz CT molecular complexity index is 302. The van der Waals surface area contributed by atoms with Gasteiger partial charge in [-0.25, -0.2) is 0 Å². The number of hydrogen-bond donors (Lipinski definition) is 1. The molecule has 0 atom stereocenters. The van der Waals surface area contributed by atoms with Crippen molar-refractivity contribution in [3.05, 3.63) is 27.3 Å². The fraction of sp³-hybridized carbons (Fsp3) is 0.400. The fourth-order valence-corrected chi connectivity index (χ4v) is 1.78. The zero-order valence-corrected chi connectivity index (χ0v) is 10.1. The van der Waals surface area contributed by atoms with Crippen molar-refractivity contribution in [2.45, 2.75) is 19.4 Å². The summed E-state index contributed by atoms with van der Waals surface area (Å²) in [6.45, 7) is 3.54. The molecular weight excluding hydrogens is 279 g/mol. The topological polar surface area (TPSA) is 29.5 Å². The third-order valence-corrected chi connectivity index (χ3v) is 2.70. The van der Waals surface area contributed by atoms with Gasteiger partial charge < -0.3 is 9.84 Å². The first-order valence-corrected chi connectivity index (χ1v) is 5.09. The van der Waals surface area contributed by atoms with Crippen molar-refractivity contribution < 1.29 is 9.84 Å². The second-order valence-electron chi connectivity index (χ2n) is 3.41. The van der Waals surface area contributed by atoms with Crippen LogP contribution in [0.15, 0.2) is 18.2 Å². The van der Waals surface area contributed by atoms with Gasteiger partial charge in [-0.1, -0.05) is 6.07 Å². The van der Waals surface area contributed by atoms with Crippen molar-refractivity contribution in [1.29, 1.82) is 0 Å². The number of methoxy groups -OCH3 is 1. The number of aliphatic hydroxyl groups is 1. The number of benzene rings is 1. The molecule has 0 aliphatic carbocycles. The Balaban J connectivity index is 3.10. The summed E-state index contributed by atoms with van der Waals surface area (Å²) in [6.07, 6.45) is 0. The van der Waals surface area contributed by atoms with Crippen LogP contribution < -0.4 is 4.74 Å². The molecule has 1 rings (SSSR count). The summed E-state index contributed by atoms with van der Waals surface area (Å²) in [7, 11) is 1.64. The molecule has 0 amide bonds. The molecule has 0 aromatic heterocycles. The Morgan fingerprint density at radius 2 is 2.00 bits per heavy atom. The summed E-state index contributed by atoms with van der Waals surface area (Å²) in [5, 5.41) is 9.73. The van der Waals surface area contributed by atoms with Crippen LogP contribution in [0.2, 0.25) is 0 Å². The van der Waals surface area contributed by atoms with E-state index in [1.807, 2.05) is 18.2 Å². The summed E-state index contributed by atoms with van der Waals surface area (Å²) < 4.78 is 6.14. The number of halogens is 1. The van der Waals surface area contributed by atoms with Crippen molar-refractivity contribution in [3.63, 3.8) is 0 Å². The van der Waals surface area contributed by atoms with Crippen LogP contribution in [-0.4, -0.2) is 12.2 Å². The van der Waals surface area contributed by atoms with Crippen LogP contribution in [0.3, 0.4) is 0 Å². The Morgan fingerprint density at radius 1 is 1.38 bits per heavy atom. The molecule has 0 bridgehead atoms. The second kappa shape index (κ2) is 3.84. The van der Waals surface area contributed by atoms with E-state index in [-0.39, 0.29) is 0 Å². The van der Waals surface area contributed by atoms with Gasteiger partial charge in [0.05, 0.1) is 16.3 Å². The zero-order valence-electron chi connectivity index (χ0n) is 7.97. The first-order chi connectivity index (χ1) is 5.95.